The van der Waals surface area contributed by atoms with Crippen molar-refractivity contribution in [1.29, 1.82) is 0 Å². The van der Waals surface area contributed by atoms with Crippen LogP contribution in [0.25, 0.3) is 5.82 Å². The monoisotopic (exact) mass is 414 g/mol. The Bertz CT molecular complexity index is 1010. The highest BCUT2D eigenvalue weighted by molar-refractivity contribution is 5.97. The molecule has 0 N–H and O–H groups in total. The van der Waals surface area contributed by atoms with Crippen LogP contribution in [-0.2, 0) is 0 Å². The number of halogens is 1. The molecule has 3 aromatic heterocycles. The first kappa shape index (κ1) is 21.2. The first-order chi connectivity index (χ1) is 14.4. The van der Waals surface area contributed by atoms with Gasteiger partial charge in [-0.05, 0) is 38.5 Å². The minimum absolute atomic E-state index is 0.0688. The van der Waals surface area contributed by atoms with Gasteiger partial charge in [-0.25, -0.2) is 14.4 Å². The van der Waals surface area contributed by atoms with Crippen LogP contribution in [-0.4, -0.2) is 62.1 Å². The number of amides is 1. The maximum absolute atomic E-state index is 14.0. The Morgan fingerprint density at radius 2 is 1.97 bits per heavy atom. The van der Waals surface area contributed by atoms with Crippen molar-refractivity contribution in [3.8, 4) is 17.4 Å². The van der Waals surface area contributed by atoms with E-state index in [1.807, 2.05) is 13.8 Å². The zero-order valence-corrected chi connectivity index (χ0v) is 17.2. The van der Waals surface area contributed by atoms with Gasteiger partial charge in [0.2, 0.25) is 5.88 Å². The maximum atomic E-state index is 14.0. The average Bonchev–Trinajstić information content (AvgIpc) is 3.27. The first-order valence-corrected chi connectivity index (χ1v) is 9.41. The van der Waals surface area contributed by atoms with Gasteiger partial charge in [0.15, 0.2) is 11.6 Å². The fourth-order valence-electron chi connectivity index (χ4n) is 2.92. The Morgan fingerprint density at radius 3 is 2.60 bits per heavy atom. The summed E-state index contributed by atoms with van der Waals surface area (Å²) in [5, 5.41) is 8.13. The molecule has 0 saturated heterocycles. The molecule has 30 heavy (non-hydrogen) atoms. The third-order valence-corrected chi connectivity index (χ3v) is 4.45. The van der Waals surface area contributed by atoms with E-state index in [-0.39, 0.29) is 35.8 Å². The molecule has 0 spiro atoms. The molecule has 0 aliphatic rings. The van der Waals surface area contributed by atoms with E-state index in [2.05, 4.69) is 20.2 Å². The average molecular weight is 414 g/mol. The SMILES string of the molecule is CCN(C(=O)c1cc(OC)cnc1-n1nccn1)[C@@H](C)COc1ncc(C)cc1F. The maximum Gasteiger partial charge on any atom is 0.258 e. The summed E-state index contributed by atoms with van der Waals surface area (Å²) in [4.78, 5) is 24.4. The number of pyridine rings is 2. The lowest BCUT2D eigenvalue weighted by Gasteiger charge is -2.28. The quantitative estimate of drug-likeness (QED) is 0.559. The normalized spacial score (nSPS) is 11.8. The van der Waals surface area contributed by atoms with E-state index >= 15 is 0 Å². The van der Waals surface area contributed by atoms with Crippen molar-refractivity contribution in [3.05, 3.63) is 53.9 Å². The number of aryl methyl sites for hydroxylation is 1. The minimum Gasteiger partial charge on any atom is -0.495 e. The highest BCUT2D eigenvalue weighted by atomic mass is 19.1. The zero-order valence-electron chi connectivity index (χ0n) is 17.2. The Morgan fingerprint density at radius 1 is 1.23 bits per heavy atom. The molecule has 9 nitrogen and oxygen atoms in total. The fourth-order valence-corrected chi connectivity index (χ4v) is 2.92. The lowest BCUT2D eigenvalue weighted by atomic mass is 10.2. The van der Waals surface area contributed by atoms with Crippen molar-refractivity contribution < 1.29 is 18.7 Å². The van der Waals surface area contributed by atoms with Crippen molar-refractivity contribution in [3.63, 3.8) is 0 Å². The largest absolute Gasteiger partial charge is 0.495 e. The van der Waals surface area contributed by atoms with Crippen LogP contribution < -0.4 is 9.47 Å². The summed E-state index contributed by atoms with van der Waals surface area (Å²) in [6, 6.07) is 2.57. The summed E-state index contributed by atoms with van der Waals surface area (Å²) in [6.07, 6.45) is 6.01. The number of rotatable bonds is 8. The van der Waals surface area contributed by atoms with Gasteiger partial charge in [0.05, 0.1) is 37.3 Å². The van der Waals surface area contributed by atoms with E-state index in [0.29, 0.717) is 17.9 Å². The van der Waals surface area contributed by atoms with Gasteiger partial charge in [-0.1, -0.05) is 0 Å². The lowest BCUT2D eigenvalue weighted by molar-refractivity contribution is 0.0642. The topological polar surface area (TPSA) is 95.3 Å². The second-order valence-electron chi connectivity index (χ2n) is 6.62. The van der Waals surface area contributed by atoms with Crippen LogP contribution in [0.2, 0.25) is 0 Å². The molecule has 1 amide bonds. The number of carbonyl (C=O) groups is 1. The number of likely N-dealkylation sites (N-methyl/N-ethyl adjacent to an activating group) is 1. The molecule has 3 aromatic rings. The molecule has 158 valence electrons. The van der Waals surface area contributed by atoms with Gasteiger partial charge in [-0.15, -0.1) is 4.80 Å². The van der Waals surface area contributed by atoms with Gasteiger partial charge in [-0.2, -0.15) is 10.2 Å². The molecular formula is C20H23FN6O3. The summed E-state index contributed by atoms with van der Waals surface area (Å²) in [7, 11) is 1.49. The van der Waals surface area contributed by atoms with E-state index < -0.39 is 5.82 Å². The Labute approximate surface area is 173 Å². The van der Waals surface area contributed by atoms with E-state index in [1.54, 1.807) is 17.9 Å². The molecule has 0 unspecified atom stereocenters. The van der Waals surface area contributed by atoms with Crippen LogP contribution in [0, 0.1) is 12.7 Å². The molecule has 0 bridgehead atoms. The minimum atomic E-state index is -0.541. The molecule has 0 fully saturated rings. The highest BCUT2D eigenvalue weighted by Gasteiger charge is 2.26. The van der Waals surface area contributed by atoms with E-state index in [1.165, 1.54) is 42.8 Å². The molecule has 0 aliphatic carbocycles. The van der Waals surface area contributed by atoms with Crippen LogP contribution >= 0.6 is 0 Å². The molecule has 10 heteroatoms. The molecule has 3 rings (SSSR count). The molecule has 1 atom stereocenters. The highest BCUT2D eigenvalue weighted by Crippen LogP contribution is 2.21. The van der Waals surface area contributed by atoms with Crippen molar-refractivity contribution in [2.75, 3.05) is 20.3 Å². The van der Waals surface area contributed by atoms with Gasteiger partial charge in [0.1, 0.15) is 12.4 Å². The molecule has 0 aliphatic heterocycles. The number of ether oxygens (including phenoxy) is 2. The number of methoxy groups -OCH3 is 1. The third-order valence-electron chi connectivity index (χ3n) is 4.45. The Hall–Kier alpha value is -3.56. The molecule has 0 radical (unpaired) electrons. The van der Waals surface area contributed by atoms with Gasteiger partial charge in [-0.3, -0.25) is 4.79 Å². The fraction of sp³-hybridized carbons (Fsp3) is 0.350. The standard InChI is InChI=1S/C20H23FN6O3/c1-5-26(14(3)12-30-19-17(21)8-13(2)10-23-19)20(28)16-9-15(29-4)11-22-18(16)27-24-6-7-25-27/h6-11,14H,5,12H2,1-4H3/t14-/m0/s1. The zero-order chi connectivity index (χ0) is 21.7. The summed E-state index contributed by atoms with van der Waals surface area (Å²) in [5.41, 5.74) is 0.974. The number of aromatic nitrogens is 5. The van der Waals surface area contributed by atoms with Crippen LogP contribution in [0.4, 0.5) is 4.39 Å². The van der Waals surface area contributed by atoms with Crippen LogP contribution in [0.15, 0.2) is 36.9 Å². The second-order valence-corrected chi connectivity index (χ2v) is 6.62. The number of hydrogen-bond donors (Lipinski definition) is 0. The number of carbonyl (C=O) groups excluding carboxylic acids is 1. The number of hydrogen-bond acceptors (Lipinski definition) is 7. The smallest absolute Gasteiger partial charge is 0.258 e. The summed E-state index contributed by atoms with van der Waals surface area (Å²) < 4.78 is 24.7. The number of nitrogens with zero attached hydrogens (tertiary/aromatic N) is 6. The van der Waals surface area contributed by atoms with Crippen LogP contribution in [0.5, 0.6) is 11.6 Å². The van der Waals surface area contributed by atoms with Crippen molar-refractivity contribution in [2.45, 2.75) is 26.8 Å². The molecule has 3 heterocycles. The van der Waals surface area contributed by atoms with E-state index in [4.69, 9.17) is 9.47 Å². The summed E-state index contributed by atoms with van der Waals surface area (Å²) in [5.74, 6) is -0.227. The summed E-state index contributed by atoms with van der Waals surface area (Å²) in [6.45, 7) is 5.87. The van der Waals surface area contributed by atoms with E-state index in [9.17, 15) is 9.18 Å². The second kappa shape index (κ2) is 9.29. The molecule has 0 saturated carbocycles. The molecule has 0 aromatic carbocycles. The van der Waals surface area contributed by atoms with Crippen LogP contribution in [0.3, 0.4) is 0 Å². The van der Waals surface area contributed by atoms with Gasteiger partial charge >= 0.3 is 0 Å². The lowest BCUT2D eigenvalue weighted by Crippen LogP contribution is -2.42. The summed E-state index contributed by atoms with van der Waals surface area (Å²) >= 11 is 0. The first-order valence-electron chi connectivity index (χ1n) is 9.41. The predicted octanol–water partition coefficient (Wildman–Crippen LogP) is 2.44. The van der Waals surface area contributed by atoms with Gasteiger partial charge in [0, 0.05) is 12.7 Å². The third kappa shape index (κ3) is 4.53. The Kier molecular flexibility index (Phi) is 6.55. The van der Waals surface area contributed by atoms with Crippen molar-refractivity contribution in [2.24, 2.45) is 0 Å². The van der Waals surface area contributed by atoms with Gasteiger partial charge < -0.3 is 14.4 Å². The van der Waals surface area contributed by atoms with Crippen molar-refractivity contribution in [1.82, 2.24) is 29.9 Å². The van der Waals surface area contributed by atoms with Crippen LogP contribution in [0.1, 0.15) is 29.8 Å². The predicted molar refractivity (Wildman–Crippen MR) is 106 cm³/mol. The van der Waals surface area contributed by atoms with E-state index in [0.717, 1.165) is 0 Å². The van der Waals surface area contributed by atoms with Crippen molar-refractivity contribution >= 4 is 5.91 Å². The van der Waals surface area contributed by atoms with Gasteiger partial charge in [0.25, 0.3) is 5.91 Å². The Balaban J connectivity index is 1.83. The molecular weight excluding hydrogens is 391 g/mol.